The maximum Gasteiger partial charge on any atom is 0.360 e. The van der Waals surface area contributed by atoms with Gasteiger partial charge >= 0.3 is 5.97 Å². The lowest BCUT2D eigenvalue weighted by Gasteiger charge is -2.09. The highest BCUT2D eigenvalue weighted by Gasteiger charge is 2.13. The van der Waals surface area contributed by atoms with E-state index in [9.17, 15) is 4.79 Å². The summed E-state index contributed by atoms with van der Waals surface area (Å²) in [5.74, 6) is -0.146. The third kappa shape index (κ3) is 4.44. The SMILES string of the molecule is CCOC(=O)c1coc(NCC(C)COC)n1. The predicted molar refractivity (Wildman–Crippen MR) is 62.0 cm³/mol. The molecule has 0 radical (unpaired) electrons. The molecule has 96 valence electrons. The normalized spacial score (nSPS) is 12.2. The number of hydrogen-bond donors (Lipinski definition) is 1. The molecule has 17 heavy (non-hydrogen) atoms. The molecule has 0 saturated heterocycles. The Bertz CT molecular complexity index is 351. The Morgan fingerprint density at radius 2 is 2.41 bits per heavy atom. The van der Waals surface area contributed by atoms with Gasteiger partial charge in [0.15, 0.2) is 5.69 Å². The molecule has 0 spiro atoms. The fourth-order valence-corrected chi connectivity index (χ4v) is 1.26. The minimum atomic E-state index is -0.478. The number of oxazole rings is 1. The second-order valence-electron chi connectivity index (χ2n) is 3.70. The van der Waals surface area contributed by atoms with Crippen molar-refractivity contribution in [2.75, 3.05) is 32.2 Å². The van der Waals surface area contributed by atoms with Crippen LogP contribution in [0.5, 0.6) is 0 Å². The van der Waals surface area contributed by atoms with Gasteiger partial charge in [-0.3, -0.25) is 0 Å². The highest BCUT2D eigenvalue weighted by molar-refractivity contribution is 5.87. The first-order valence-corrected chi connectivity index (χ1v) is 5.52. The lowest BCUT2D eigenvalue weighted by atomic mass is 10.2. The van der Waals surface area contributed by atoms with Crippen LogP contribution in [0.4, 0.5) is 6.01 Å². The molecule has 1 aromatic rings. The van der Waals surface area contributed by atoms with Gasteiger partial charge in [0, 0.05) is 13.7 Å². The molecular weight excluding hydrogens is 224 g/mol. The van der Waals surface area contributed by atoms with Crippen molar-refractivity contribution >= 4 is 12.0 Å². The van der Waals surface area contributed by atoms with Crippen molar-refractivity contribution < 1.29 is 18.7 Å². The summed E-state index contributed by atoms with van der Waals surface area (Å²) in [4.78, 5) is 15.3. The van der Waals surface area contributed by atoms with E-state index in [4.69, 9.17) is 13.9 Å². The van der Waals surface area contributed by atoms with Gasteiger partial charge in [0.2, 0.25) is 0 Å². The van der Waals surface area contributed by atoms with Gasteiger partial charge in [-0.25, -0.2) is 4.79 Å². The van der Waals surface area contributed by atoms with Crippen LogP contribution in [0, 0.1) is 5.92 Å². The van der Waals surface area contributed by atoms with Crippen molar-refractivity contribution in [3.63, 3.8) is 0 Å². The second kappa shape index (κ2) is 6.90. The first kappa shape index (κ1) is 13.5. The summed E-state index contributed by atoms with van der Waals surface area (Å²) in [5, 5.41) is 2.98. The topological polar surface area (TPSA) is 73.6 Å². The average Bonchev–Trinajstić information content (AvgIpc) is 2.76. The van der Waals surface area contributed by atoms with Gasteiger partial charge in [-0.15, -0.1) is 0 Å². The Kier molecular flexibility index (Phi) is 5.48. The first-order valence-electron chi connectivity index (χ1n) is 5.52. The lowest BCUT2D eigenvalue weighted by molar-refractivity contribution is 0.0519. The summed E-state index contributed by atoms with van der Waals surface area (Å²) in [6.07, 6.45) is 1.28. The van der Waals surface area contributed by atoms with Crippen LogP contribution in [0.2, 0.25) is 0 Å². The fraction of sp³-hybridized carbons (Fsp3) is 0.636. The van der Waals surface area contributed by atoms with Gasteiger partial charge in [0.25, 0.3) is 6.01 Å². The zero-order chi connectivity index (χ0) is 12.7. The van der Waals surface area contributed by atoms with E-state index in [1.54, 1.807) is 14.0 Å². The molecule has 6 nitrogen and oxygen atoms in total. The molecule has 0 aliphatic heterocycles. The smallest absolute Gasteiger partial charge is 0.360 e. The van der Waals surface area contributed by atoms with Crippen molar-refractivity contribution in [2.24, 2.45) is 5.92 Å². The van der Waals surface area contributed by atoms with Crippen LogP contribution in [-0.2, 0) is 9.47 Å². The summed E-state index contributed by atoms with van der Waals surface area (Å²) in [5.41, 5.74) is 0.175. The van der Waals surface area contributed by atoms with Gasteiger partial charge in [-0.2, -0.15) is 4.98 Å². The monoisotopic (exact) mass is 242 g/mol. The number of ether oxygens (including phenoxy) is 2. The van der Waals surface area contributed by atoms with Crippen molar-refractivity contribution in [1.82, 2.24) is 4.98 Å². The second-order valence-corrected chi connectivity index (χ2v) is 3.70. The number of aromatic nitrogens is 1. The Morgan fingerprint density at radius 3 is 3.06 bits per heavy atom. The molecule has 1 aromatic heterocycles. The van der Waals surface area contributed by atoms with Gasteiger partial charge in [-0.05, 0) is 12.8 Å². The minimum Gasteiger partial charge on any atom is -0.461 e. The van der Waals surface area contributed by atoms with E-state index in [-0.39, 0.29) is 5.69 Å². The number of nitrogens with one attached hydrogen (secondary N) is 1. The van der Waals surface area contributed by atoms with E-state index in [0.29, 0.717) is 31.7 Å². The molecule has 0 saturated carbocycles. The summed E-state index contributed by atoms with van der Waals surface area (Å²) in [6, 6.07) is 0.316. The van der Waals surface area contributed by atoms with E-state index >= 15 is 0 Å². The van der Waals surface area contributed by atoms with Crippen LogP contribution >= 0.6 is 0 Å². The molecule has 0 aromatic carbocycles. The van der Waals surface area contributed by atoms with E-state index in [1.165, 1.54) is 6.26 Å². The average molecular weight is 242 g/mol. The third-order valence-electron chi connectivity index (χ3n) is 2.04. The summed E-state index contributed by atoms with van der Waals surface area (Å²) in [6.45, 7) is 5.41. The van der Waals surface area contributed by atoms with Crippen LogP contribution in [0.25, 0.3) is 0 Å². The number of nitrogens with zero attached hydrogens (tertiary/aromatic N) is 1. The first-order chi connectivity index (χ1) is 8.17. The van der Waals surface area contributed by atoms with E-state index in [0.717, 1.165) is 0 Å². The van der Waals surface area contributed by atoms with Crippen LogP contribution in [0.15, 0.2) is 10.7 Å². The van der Waals surface area contributed by atoms with Crippen LogP contribution in [0.1, 0.15) is 24.3 Å². The van der Waals surface area contributed by atoms with Crippen LogP contribution in [0.3, 0.4) is 0 Å². The molecule has 0 bridgehead atoms. The van der Waals surface area contributed by atoms with E-state index in [2.05, 4.69) is 10.3 Å². The highest BCUT2D eigenvalue weighted by atomic mass is 16.5. The number of hydrogen-bond acceptors (Lipinski definition) is 6. The Balaban J connectivity index is 2.43. The van der Waals surface area contributed by atoms with Crippen molar-refractivity contribution in [3.05, 3.63) is 12.0 Å². The van der Waals surface area contributed by atoms with Gasteiger partial charge < -0.3 is 19.2 Å². The zero-order valence-electron chi connectivity index (χ0n) is 10.4. The number of rotatable bonds is 7. The zero-order valence-corrected chi connectivity index (χ0v) is 10.4. The largest absolute Gasteiger partial charge is 0.461 e. The quantitative estimate of drug-likeness (QED) is 0.731. The molecule has 0 fully saturated rings. The maximum absolute atomic E-state index is 11.3. The molecule has 1 N–H and O–H groups in total. The standard InChI is InChI=1S/C11H18N2O4/c1-4-16-10(14)9-7-17-11(13-9)12-5-8(2)6-15-3/h7-8H,4-6H2,1-3H3,(H,12,13). The molecule has 1 unspecified atom stereocenters. The van der Waals surface area contributed by atoms with Gasteiger partial charge in [0.05, 0.1) is 13.2 Å². The minimum absolute atomic E-state index is 0.175. The number of methoxy groups -OCH3 is 1. The fourth-order valence-electron chi connectivity index (χ4n) is 1.26. The highest BCUT2D eigenvalue weighted by Crippen LogP contribution is 2.09. The van der Waals surface area contributed by atoms with Gasteiger partial charge in [0.1, 0.15) is 6.26 Å². The number of anilines is 1. The number of esters is 1. The summed E-state index contributed by atoms with van der Waals surface area (Å²) in [7, 11) is 1.65. The van der Waals surface area contributed by atoms with Crippen LogP contribution in [-0.4, -0.2) is 37.8 Å². The molecule has 0 amide bonds. The third-order valence-corrected chi connectivity index (χ3v) is 2.04. The molecule has 0 aliphatic rings. The molecule has 1 atom stereocenters. The molecule has 0 aliphatic carbocycles. The van der Waals surface area contributed by atoms with Crippen molar-refractivity contribution in [2.45, 2.75) is 13.8 Å². The van der Waals surface area contributed by atoms with Crippen molar-refractivity contribution in [3.8, 4) is 0 Å². The van der Waals surface area contributed by atoms with E-state index < -0.39 is 5.97 Å². The predicted octanol–water partition coefficient (Wildman–Crippen LogP) is 1.55. The van der Waals surface area contributed by atoms with Crippen LogP contribution < -0.4 is 5.32 Å². The number of carbonyl (C=O) groups excluding carboxylic acids is 1. The Labute approximate surface area is 100 Å². The molecule has 1 heterocycles. The van der Waals surface area contributed by atoms with E-state index in [1.807, 2.05) is 6.92 Å². The number of carbonyl (C=O) groups is 1. The molecular formula is C11H18N2O4. The molecule has 1 rings (SSSR count). The summed E-state index contributed by atoms with van der Waals surface area (Å²) < 4.78 is 14.9. The maximum atomic E-state index is 11.3. The Morgan fingerprint density at radius 1 is 1.65 bits per heavy atom. The lowest BCUT2D eigenvalue weighted by Crippen LogP contribution is -2.16. The molecule has 6 heteroatoms. The Hall–Kier alpha value is -1.56. The van der Waals surface area contributed by atoms with Crippen molar-refractivity contribution in [1.29, 1.82) is 0 Å². The van der Waals surface area contributed by atoms with Gasteiger partial charge in [-0.1, -0.05) is 6.92 Å². The summed E-state index contributed by atoms with van der Waals surface area (Å²) >= 11 is 0.